The van der Waals surface area contributed by atoms with Gasteiger partial charge in [-0.1, -0.05) is 120 Å². The van der Waals surface area contributed by atoms with E-state index in [4.69, 9.17) is 4.98 Å². The molecule has 0 spiro atoms. The first-order chi connectivity index (χ1) is 18.7. The molecule has 38 heavy (non-hydrogen) atoms. The number of fused-ring (bicyclic) bond motifs is 1. The molecule has 2 heterocycles. The second kappa shape index (κ2) is 10.7. The third kappa shape index (κ3) is 5.11. The Morgan fingerprint density at radius 2 is 1.39 bits per heavy atom. The largest absolute Gasteiger partial charge is 0.381 e. The predicted molar refractivity (Wildman–Crippen MR) is 152 cm³/mol. The van der Waals surface area contributed by atoms with Crippen LogP contribution in [0.2, 0.25) is 0 Å². The molecule has 0 bridgehead atoms. The summed E-state index contributed by atoms with van der Waals surface area (Å²) in [7, 11) is 0. The van der Waals surface area contributed by atoms with Crippen LogP contribution >= 0.6 is 11.8 Å². The van der Waals surface area contributed by atoms with Crippen LogP contribution in [-0.2, 0) is 24.4 Å². The maximum absolute atomic E-state index is 12.3. The SMILES string of the molecule is OC(Cn1cc(-c2ccccc2)nc1SCc1ccccc1)(Cn1nnc2ccccc21)c1ccccc1. The highest BCUT2D eigenvalue weighted by Crippen LogP contribution is 2.32. The van der Waals surface area contributed by atoms with Crippen molar-refractivity contribution in [2.24, 2.45) is 0 Å². The Hall–Kier alpha value is -4.20. The van der Waals surface area contributed by atoms with Crippen LogP contribution in [-0.4, -0.2) is 29.7 Å². The van der Waals surface area contributed by atoms with Gasteiger partial charge in [-0.05, 0) is 23.3 Å². The van der Waals surface area contributed by atoms with Gasteiger partial charge in [0, 0.05) is 17.5 Å². The summed E-state index contributed by atoms with van der Waals surface area (Å²) in [4.78, 5) is 5.00. The minimum atomic E-state index is -1.26. The van der Waals surface area contributed by atoms with Crippen molar-refractivity contribution < 1.29 is 5.11 Å². The molecule has 4 aromatic carbocycles. The molecule has 0 saturated carbocycles. The van der Waals surface area contributed by atoms with E-state index in [0.717, 1.165) is 38.8 Å². The lowest BCUT2D eigenvalue weighted by molar-refractivity contribution is -0.00354. The van der Waals surface area contributed by atoms with Gasteiger partial charge in [0.1, 0.15) is 11.1 Å². The van der Waals surface area contributed by atoms with Gasteiger partial charge < -0.3 is 9.67 Å². The number of aromatic nitrogens is 5. The summed E-state index contributed by atoms with van der Waals surface area (Å²) in [6.45, 7) is 0.557. The van der Waals surface area contributed by atoms with Gasteiger partial charge in [-0.15, -0.1) is 5.10 Å². The van der Waals surface area contributed by atoms with Gasteiger partial charge in [0.05, 0.1) is 24.3 Å². The van der Waals surface area contributed by atoms with Crippen LogP contribution in [0.25, 0.3) is 22.3 Å². The van der Waals surface area contributed by atoms with Crippen molar-refractivity contribution >= 4 is 22.8 Å². The zero-order valence-electron chi connectivity index (χ0n) is 20.8. The molecule has 6 aromatic rings. The summed E-state index contributed by atoms with van der Waals surface area (Å²) in [5.41, 5.74) is 4.39. The summed E-state index contributed by atoms with van der Waals surface area (Å²) in [5, 5.41) is 21.8. The standard InChI is InChI=1S/C31H27N5OS/c37-31(26-16-8-3-9-17-26,23-36-29-19-11-10-18-27(29)33-34-36)22-35-20-28(25-14-6-2-7-15-25)32-30(35)38-21-24-12-4-1-5-13-24/h1-20,37H,21-23H2. The molecule has 0 radical (unpaired) electrons. The monoisotopic (exact) mass is 517 g/mol. The fourth-order valence-corrected chi connectivity index (χ4v) is 5.58. The highest BCUT2D eigenvalue weighted by atomic mass is 32.2. The zero-order valence-corrected chi connectivity index (χ0v) is 21.6. The Balaban J connectivity index is 1.39. The summed E-state index contributed by atoms with van der Waals surface area (Å²) in [6, 6.07) is 38.1. The maximum Gasteiger partial charge on any atom is 0.169 e. The highest BCUT2D eigenvalue weighted by molar-refractivity contribution is 7.98. The van der Waals surface area contributed by atoms with Crippen LogP contribution in [0.3, 0.4) is 0 Å². The molecule has 7 heteroatoms. The number of hydrogen-bond acceptors (Lipinski definition) is 5. The average molecular weight is 518 g/mol. The van der Waals surface area contributed by atoms with E-state index in [1.54, 1.807) is 16.4 Å². The van der Waals surface area contributed by atoms with Crippen molar-refractivity contribution in [2.75, 3.05) is 0 Å². The lowest BCUT2D eigenvalue weighted by atomic mass is 9.93. The number of para-hydroxylation sites is 1. The van der Waals surface area contributed by atoms with Gasteiger partial charge >= 0.3 is 0 Å². The Kier molecular flexibility index (Phi) is 6.77. The second-order valence-corrected chi connectivity index (χ2v) is 10.3. The minimum absolute atomic E-state index is 0.249. The molecular formula is C31H27N5OS. The van der Waals surface area contributed by atoms with Crippen molar-refractivity contribution in [3.63, 3.8) is 0 Å². The van der Waals surface area contributed by atoms with E-state index < -0.39 is 5.60 Å². The van der Waals surface area contributed by atoms with E-state index in [-0.39, 0.29) is 6.54 Å². The fourth-order valence-electron chi connectivity index (χ4n) is 4.64. The van der Waals surface area contributed by atoms with Crippen molar-refractivity contribution in [2.45, 2.75) is 29.6 Å². The van der Waals surface area contributed by atoms with Crippen molar-refractivity contribution in [1.29, 1.82) is 0 Å². The highest BCUT2D eigenvalue weighted by Gasteiger charge is 2.33. The summed E-state index contributed by atoms with van der Waals surface area (Å²) in [6.07, 6.45) is 2.04. The Bertz CT molecular complexity index is 1630. The molecule has 0 saturated heterocycles. The number of benzene rings is 4. The van der Waals surface area contributed by atoms with E-state index >= 15 is 0 Å². The first-order valence-electron chi connectivity index (χ1n) is 12.5. The second-order valence-electron chi connectivity index (χ2n) is 9.31. The normalized spacial score (nSPS) is 13.0. The van der Waals surface area contributed by atoms with E-state index in [9.17, 15) is 5.11 Å². The molecular weight excluding hydrogens is 490 g/mol. The topological polar surface area (TPSA) is 68.8 Å². The van der Waals surface area contributed by atoms with E-state index in [2.05, 4.69) is 39.1 Å². The molecule has 0 aliphatic carbocycles. The Morgan fingerprint density at radius 3 is 2.16 bits per heavy atom. The van der Waals surface area contributed by atoms with Gasteiger partial charge in [0.15, 0.2) is 5.16 Å². The third-order valence-corrected chi connectivity index (χ3v) is 7.66. The van der Waals surface area contributed by atoms with Crippen molar-refractivity contribution in [3.8, 4) is 11.3 Å². The molecule has 0 amide bonds. The molecule has 188 valence electrons. The third-order valence-electron chi connectivity index (χ3n) is 6.59. The number of rotatable bonds is 9. The maximum atomic E-state index is 12.3. The van der Waals surface area contributed by atoms with E-state index in [1.165, 1.54) is 5.56 Å². The number of nitrogens with zero attached hydrogens (tertiary/aromatic N) is 5. The van der Waals surface area contributed by atoms with Crippen LogP contribution < -0.4 is 0 Å². The number of hydrogen-bond donors (Lipinski definition) is 1. The number of thioether (sulfide) groups is 1. The summed E-state index contributed by atoms with van der Waals surface area (Å²) >= 11 is 1.67. The molecule has 1 N–H and O–H groups in total. The molecule has 1 unspecified atom stereocenters. The smallest absolute Gasteiger partial charge is 0.169 e. The van der Waals surface area contributed by atoms with Gasteiger partial charge in [-0.3, -0.25) is 0 Å². The van der Waals surface area contributed by atoms with E-state index in [0.29, 0.717) is 6.54 Å². The van der Waals surface area contributed by atoms with Crippen LogP contribution in [0.5, 0.6) is 0 Å². The predicted octanol–water partition coefficient (Wildman–Crippen LogP) is 6.18. The number of aliphatic hydroxyl groups is 1. The number of imidazole rings is 1. The molecule has 1 atom stereocenters. The van der Waals surface area contributed by atoms with Gasteiger partial charge in [0.25, 0.3) is 0 Å². The van der Waals surface area contributed by atoms with Crippen LogP contribution in [0.15, 0.2) is 127 Å². The van der Waals surface area contributed by atoms with Crippen molar-refractivity contribution in [1.82, 2.24) is 24.5 Å². The Morgan fingerprint density at radius 1 is 0.737 bits per heavy atom. The molecule has 2 aromatic heterocycles. The molecule has 0 aliphatic heterocycles. The molecule has 6 nitrogen and oxygen atoms in total. The molecule has 6 rings (SSSR count). The molecule has 0 aliphatic rings. The van der Waals surface area contributed by atoms with Gasteiger partial charge in [0.2, 0.25) is 0 Å². The van der Waals surface area contributed by atoms with E-state index in [1.807, 2.05) is 97.2 Å². The lowest BCUT2D eigenvalue weighted by Gasteiger charge is -2.29. The van der Waals surface area contributed by atoms with Gasteiger partial charge in [-0.2, -0.15) is 0 Å². The first kappa shape index (κ1) is 24.2. The summed E-state index contributed by atoms with van der Waals surface area (Å²) < 4.78 is 3.86. The zero-order chi connectivity index (χ0) is 25.8. The quantitative estimate of drug-likeness (QED) is 0.232. The van der Waals surface area contributed by atoms with Crippen LogP contribution in [0.1, 0.15) is 11.1 Å². The summed E-state index contributed by atoms with van der Waals surface area (Å²) in [5.74, 6) is 0.781. The van der Waals surface area contributed by atoms with Crippen LogP contribution in [0, 0.1) is 0 Å². The van der Waals surface area contributed by atoms with Gasteiger partial charge in [-0.25, -0.2) is 9.67 Å². The minimum Gasteiger partial charge on any atom is -0.381 e. The average Bonchev–Trinajstić information content (AvgIpc) is 3.57. The Labute approximate surface area is 225 Å². The van der Waals surface area contributed by atoms with Crippen LogP contribution in [0.4, 0.5) is 0 Å². The molecule has 0 fully saturated rings. The van der Waals surface area contributed by atoms with Crippen molar-refractivity contribution in [3.05, 3.63) is 133 Å². The fraction of sp³-hybridized carbons (Fsp3) is 0.129. The lowest BCUT2D eigenvalue weighted by Crippen LogP contribution is -2.36. The first-order valence-corrected chi connectivity index (χ1v) is 13.5.